The highest BCUT2D eigenvalue weighted by molar-refractivity contribution is 6.32. The second kappa shape index (κ2) is 7.36. The van der Waals surface area contributed by atoms with Crippen LogP contribution in [0.4, 0.5) is 10.5 Å². The number of nitrogens with zero attached hydrogens (tertiary/aromatic N) is 1. The summed E-state index contributed by atoms with van der Waals surface area (Å²) in [5, 5.41) is 7.11. The number of amides is 2. The fourth-order valence-corrected chi connectivity index (χ4v) is 2.67. The zero-order chi connectivity index (χ0) is 17.8. The quantitative estimate of drug-likeness (QED) is 0.876. The molecule has 0 radical (unpaired) electrons. The van der Waals surface area contributed by atoms with Crippen LogP contribution < -0.4 is 15.5 Å². The van der Waals surface area contributed by atoms with Crippen molar-refractivity contribution in [1.82, 2.24) is 5.43 Å². The average Bonchev–Trinajstić information content (AvgIpc) is 2.58. The van der Waals surface area contributed by atoms with E-state index in [0.29, 0.717) is 22.9 Å². The predicted molar refractivity (Wildman–Crippen MR) is 96.0 cm³/mol. The number of rotatable bonds is 3. The Morgan fingerprint density at radius 1 is 1.24 bits per heavy atom. The fourth-order valence-electron chi connectivity index (χ4n) is 2.50. The molecule has 128 valence electrons. The molecule has 2 N–H and O–H groups in total. The number of hydrogen-bond donors (Lipinski definition) is 2. The number of carbonyl (C=O) groups excluding carboxylic acids is 2. The summed E-state index contributed by atoms with van der Waals surface area (Å²) in [4.78, 5) is 23.3. The smallest absolute Gasteiger partial charge is 0.409 e. The van der Waals surface area contributed by atoms with Crippen molar-refractivity contribution in [2.45, 2.75) is 13.3 Å². The zero-order valence-corrected chi connectivity index (χ0v) is 14.2. The van der Waals surface area contributed by atoms with Gasteiger partial charge in [0, 0.05) is 18.0 Å². The van der Waals surface area contributed by atoms with Crippen LogP contribution in [0.2, 0.25) is 5.02 Å². The minimum absolute atomic E-state index is 0.0396. The van der Waals surface area contributed by atoms with Crippen LogP contribution in [0, 0.1) is 5.92 Å². The van der Waals surface area contributed by atoms with Crippen LogP contribution >= 0.6 is 11.6 Å². The van der Waals surface area contributed by atoms with Crippen molar-refractivity contribution in [2.24, 2.45) is 11.0 Å². The Kier molecular flexibility index (Phi) is 5.00. The summed E-state index contributed by atoms with van der Waals surface area (Å²) in [5.74, 6) is 0.244. The van der Waals surface area contributed by atoms with Gasteiger partial charge in [0.1, 0.15) is 0 Å². The second-order valence-corrected chi connectivity index (χ2v) is 6.07. The highest BCUT2D eigenvalue weighted by atomic mass is 35.5. The molecule has 7 heteroatoms. The lowest BCUT2D eigenvalue weighted by Crippen LogP contribution is -2.31. The SMILES string of the molecule is CC1CC(=O)NN=C1c1ccc(NC(=O)Oc2ccccc2Cl)cc1. The molecule has 25 heavy (non-hydrogen) atoms. The van der Waals surface area contributed by atoms with Gasteiger partial charge in [-0.3, -0.25) is 10.1 Å². The van der Waals surface area contributed by atoms with Crippen molar-refractivity contribution < 1.29 is 14.3 Å². The summed E-state index contributed by atoms with van der Waals surface area (Å²) in [6.07, 6.45) is -0.223. The summed E-state index contributed by atoms with van der Waals surface area (Å²) >= 11 is 5.95. The lowest BCUT2D eigenvalue weighted by molar-refractivity contribution is -0.121. The third-order valence-corrected chi connectivity index (χ3v) is 4.04. The lowest BCUT2D eigenvalue weighted by Gasteiger charge is -2.19. The summed E-state index contributed by atoms with van der Waals surface area (Å²) < 4.78 is 5.17. The molecule has 0 saturated carbocycles. The molecule has 1 unspecified atom stereocenters. The molecule has 0 aromatic heterocycles. The average molecular weight is 358 g/mol. The van der Waals surface area contributed by atoms with Crippen molar-refractivity contribution >= 4 is 35.0 Å². The molecular weight excluding hydrogens is 342 g/mol. The van der Waals surface area contributed by atoms with Crippen molar-refractivity contribution in [3.8, 4) is 5.75 Å². The highest BCUT2D eigenvalue weighted by Gasteiger charge is 2.21. The topological polar surface area (TPSA) is 79.8 Å². The van der Waals surface area contributed by atoms with Gasteiger partial charge in [-0.25, -0.2) is 10.2 Å². The Morgan fingerprint density at radius 3 is 2.64 bits per heavy atom. The van der Waals surface area contributed by atoms with E-state index in [9.17, 15) is 9.59 Å². The molecule has 3 rings (SSSR count). The first-order valence-electron chi connectivity index (χ1n) is 7.73. The molecule has 6 nitrogen and oxygen atoms in total. The van der Waals surface area contributed by atoms with Gasteiger partial charge in [-0.2, -0.15) is 5.10 Å². The molecule has 0 fully saturated rings. The van der Waals surface area contributed by atoms with E-state index in [-0.39, 0.29) is 11.8 Å². The van der Waals surface area contributed by atoms with Crippen molar-refractivity contribution in [3.63, 3.8) is 0 Å². The third kappa shape index (κ3) is 4.16. The van der Waals surface area contributed by atoms with Crippen molar-refractivity contribution in [1.29, 1.82) is 0 Å². The maximum absolute atomic E-state index is 11.9. The molecular formula is C18H16ClN3O3. The number of carbonyl (C=O) groups is 2. The van der Waals surface area contributed by atoms with Gasteiger partial charge in [-0.1, -0.05) is 42.8 Å². The zero-order valence-electron chi connectivity index (χ0n) is 13.5. The van der Waals surface area contributed by atoms with Crippen LogP contribution in [-0.2, 0) is 4.79 Å². The number of hydrogen-bond acceptors (Lipinski definition) is 4. The standard InChI is InChI=1S/C18H16ClN3O3/c1-11-10-16(23)21-22-17(11)12-6-8-13(9-7-12)20-18(24)25-15-5-3-2-4-14(15)19/h2-9,11H,10H2,1H3,(H,20,24)(H,21,23). The summed E-state index contributed by atoms with van der Waals surface area (Å²) in [5.41, 5.74) is 4.76. The minimum atomic E-state index is -0.628. The number of ether oxygens (including phenoxy) is 1. The molecule has 1 atom stereocenters. The Labute approximate surface area is 149 Å². The lowest BCUT2D eigenvalue weighted by atomic mass is 9.94. The molecule has 2 amide bonds. The first-order valence-corrected chi connectivity index (χ1v) is 8.11. The van der Waals surface area contributed by atoms with Crippen LogP contribution in [0.25, 0.3) is 0 Å². The Morgan fingerprint density at radius 2 is 1.96 bits per heavy atom. The molecule has 1 aliphatic rings. The van der Waals surface area contributed by atoms with E-state index in [1.54, 1.807) is 36.4 Å². The number of para-hydroxylation sites is 1. The van der Waals surface area contributed by atoms with Gasteiger partial charge in [0.15, 0.2) is 5.75 Å². The molecule has 0 aliphatic carbocycles. The maximum Gasteiger partial charge on any atom is 0.417 e. The van der Waals surface area contributed by atoms with Gasteiger partial charge in [0.05, 0.1) is 10.7 Å². The normalized spacial score (nSPS) is 16.6. The van der Waals surface area contributed by atoms with Crippen LogP contribution in [-0.4, -0.2) is 17.7 Å². The number of hydrazone groups is 1. The van der Waals surface area contributed by atoms with Crippen LogP contribution in [0.1, 0.15) is 18.9 Å². The summed E-state index contributed by atoms with van der Waals surface area (Å²) in [6.45, 7) is 1.95. The Hall–Kier alpha value is -2.86. The van der Waals surface area contributed by atoms with Crippen LogP contribution in [0.3, 0.4) is 0 Å². The molecule has 1 heterocycles. The van der Waals surface area contributed by atoms with E-state index in [4.69, 9.17) is 16.3 Å². The van der Waals surface area contributed by atoms with Gasteiger partial charge >= 0.3 is 6.09 Å². The molecule has 0 spiro atoms. The fraction of sp³-hybridized carbons (Fsp3) is 0.167. The van der Waals surface area contributed by atoms with Gasteiger partial charge in [0.2, 0.25) is 5.91 Å². The number of halogens is 1. The molecule has 2 aromatic rings. The summed E-state index contributed by atoms with van der Waals surface area (Å²) in [6, 6.07) is 13.9. The first kappa shape index (κ1) is 17.0. The number of benzene rings is 2. The van der Waals surface area contributed by atoms with Crippen molar-refractivity contribution in [2.75, 3.05) is 5.32 Å². The number of nitrogens with one attached hydrogen (secondary N) is 2. The van der Waals surface area contributed by atoms with E-state index in [2.05, 4.69) is 15.8 Å². The predicted octanol–water partition coefficient (Wildman–Crippen LogP) is 3.81. The van der Waals surface area contributed by atoms with Crippen LogP contribution in [0.5, 0.6) is 5.75 Å². The van der Waals surface area contributed by atoms with E-state index >= 15 is 0 Å². The van der Waals surface area contributed by atoms with Gasteiger partial charge in [-0.05, 0) is 29.8 Å². The molecule has 2 aromatic carbocycles. The van der Waals surface area contributed by atoms with E-state index in [0.717, 1.165) is 11.3 Å². The molecule has 1 aliphatic heterocycles. The largest absolute Gasteiger partial charge is 0.417 e. The van der Waals surface area contributed by atoms with Crippen LogP contribution in [0.15, 0.2) is 53.6 Å². The number of anilines is 1. The first-order chi connectivity index (χ1) is 12.0. The van der Waals surface area contributed by atoms with E-state index in [1.165, 1.54) is 0 Å². The molecule has 0 bridgehead atoms. The minimum Gasteiger partial charge on any atom is -0.409 e. The second-order valence-electron chi connectivity index (χ2n) is 5.66. The van der Waals surface area contributed by atoms with E-state index in [1.807, 2.05) is 19.1 Å². The Balaban J connectivity index is 1.66. The third-order valence-electron chi connectivity index (χ3n) is 3.73. The van der Waals surface area contributed by atoms with Crippen molar-refractivity contribution in [3.05, 3.63) is 59.1 Å². The summed E-state index contributed by atoms with van der Waals surface area (Å²) in [7, 11) is 0. The van der Waals surface area contributed by atoms with Gasteiger partial charge in [-0.15, -0.1) is 0 Å². The highest BCUT2D eigenvalue weighted by Crippen LogP contribution is 2.24. The van der Waals surface area contributed by atoms with Gasteiger partial charge in [0.25, 0.3) is 0 Å². The Bertz CT molecular complexity index is 834. The van der Waals surface area contributed by atoms with E-state index < -0.39 is 6.09 Å². The maximum atomic E-state index is 11.9. The monoisotopic (exact) mass is 357 g/mol. The molecule has 0 saturated heterocycles. The van der Waals surface area contributed by atoms with Gasteiger partial charge < -0.3 is 4.74 Å².